The van der Waals surface area contributed by atoms with Gasteiger partial charge in [0.15, 0.2) is 0 Å². The molecule has 0 saturated heterocycles. The van der Waals surface area contributed by atoms with Crippen LogP contribution >= 0.6 is 0 Å². The molecule has 102 valence electrons. The van der Waals surface area contributed by atoms with Crippen molar-refractivity contribution in [3.8, 4) is 0 Å². The summed E-state index contributed by atoms with van der Waals surface area (Å²) < 4.78 is 5.17. The number of carbonyl (C=O) groups excluding carboxylic acids is 1. The molecule has 0 radical (unpaired) electrons. The minimum Gasteiger partial charge on any atom is -0.444 e. The van der Waals surface area contributed by atoms with Crippen LogP contribution in [0.15, 0.2) is 0 Å². The molecule has 0 aliphatic carbocycles. The van der Waals surface area contributed by atoms with Crippen molar-refractivity contribution in [3.05, 3.63) is 0 Å². The monoisotopic (exact) mass is 244 g/mol. The van der Waals surface area contributed by atoms with E-state index in [1.54, 1.807) is 0 Å². The molecule has 0 aromatic carbocycles. The summed E-state index contributed by atoms with van der Waals surface area (Å²) in [5.41, 5.74) is -0.434. The van der Waals surface area contributed by atoms with Gasteiger partial charge < -0.3 is 15.4 Å². The van der Waals surface area contributed by atoms with E-state index >= 15 is 0 Å². The van der Waals surface area contributed by atoms with Gasteiger partial charge in [0.1, 0.15) is 5.60 Å². The Morgan fingerprint density at radius 2 is 1.76 bits per heavy atom. The highest BCUT2D eigenvalue weighted by Gasteiger charge is 2.16. The van der Waals surface area contributed by atoms with E-state index in [0.29, 0.717) is 12.6 Å². The second-order valence-corrected chi connectivity index (χ2v) is 5.46. The number of rotatable bonds is 6. The number of ether oxygens (including phenoxy) is 1. The molecule has 4 nitrogen and oxygen atoms in total. The largest absolute Gasteiger partial charge is 0.444 e. The van der Waals surface area contributed by atoms with Crippen LogP contribution in [0, 0.1) is 0 Å². The third kappa shape index (κ3) is 8.98. The zero-order valence-electron chi connectivity index (χ0n) is 12.1. The van der Waals surface area contributed by atoms with E-state index < -0.39 is 5.60 Å². The van der Waals surface area contributed by atoms with Crippen molar-refractivity contribution in [2.75, 3.05) is 6.54 Å². The summed E-state index contributed by atoms with van der Waals surface area (Å²) in [5.74, 6) is 0. The molecule has 1 amide bonds. The van der Waals surface area contributed by atoms with Crippen molar-refractivity contribution in [3.63, 3.8) is 0 Å². The summed E-state index contributed by atoms with van der Waals surface area (Å²) in [4.78, 5) is 11.4. The van der Waals surface area contributed by atoms with Crippen LogP contribution < -0.4 is 10.6 Å². The smallest absolute Gasteiger partial charge is 0.407 e. The quantitative estimate of drug-likeness (QED) is 0.755. The molecule has 0 rings (SSSR count). The molecule has 2 N–H and O–H groups in total. The average molecular weight is 244 g/mol. The lowest BCUT2D eigenvalue weighted by Crippen LogP contribution is -2.44. The number of carbonyl (C=O) groups is 1. The molecule has 1 atom stereocenters. The summed E-state index contributed by atoms with van der Waals surface area (Å²) in [6.07, 6.45) is 1.86. The summed E-state index contributed by atoms with van der Waals surface area (Å²) in [6.45, 7) is 12.6. The van der Waals surface area contributed by atoms with Crippen LogP contribution in [0.25, 0.3) is 0 Å². The molecule has 0 aliphatic rings. The molecule has 0 bridgehead atoms. The second kappa shape index (κ2) is 7.54. The number of alkyl carbamates (subject to hydrolysis) is 1. The molecule has 0 saturated carbocycles. The van der Waals surface area contributed by atoms with E-state index in [2.05, 4.69) is 31.4 Å². The van der Waals surface area contributed by atoms with Crippen LogP contribution in [0.5, 0.6) is 0 Å². The highest BCUT2D eigenvalue weighted by atomic mass is 16.6. The van der Waals surface area contributed by atoms with Crippen molar-refractivity contribution >= 4 is 6.09 Å². The van der Waals surface area contributed by atoms with Gasteiger partial charge in [-0.25, -0.2) is 4.79 Å². The van der Waals surface area contributed by atoms with E-state index in [1.807, 2.05) is 20.8 Å². The van der Waals surface area contributed by atoms with Gasteiger partial charge in [-0.05, 0) is 40.5 Å². The molecule has 0 aliphatic heterocycles. The zero-order chi connectivity index (χ0) is 13.5. The van der Waals surface area contributed by atoms with Crippen molar-refractivity contribution in [1.82, 2.24) is 10.6 Å². The Morgan fingerprint density at radius 1 is 1.24 bits per heavy atom. The van der Waals surface area contributed by atoms with Gasteiger partial charge in [-0.1, -0.05) is 13.8 Å². The van der Waals surface area contributed by atoms with Crippen LogP contribution in [0.3, 0.4) is 0 Å². The Balaban J connectivity index is 3.84. The first-order chi connectivity index (χ1) is 7.78. The number of amides is 1. The molecular weight excluding hydrogens is 216 g/mol. The Kier molecular flexibility index (Phi) is 7.19. The lowest BCUT2D eigenvalue weighted by atomic mass is 10.1. The van der Waals surface area contributed by atoms with Crippen LogP contribution in [0.2, 0.25) is 0 Å². The van der Waals surface area contributed by atoms with Crippen molar-refractivity contribution in [1.29, 1.82) is 0 Å². The van der Waals surface area contributed by atoms with Crippen molar-refractivity contribution < 1.29 is 9.53 Å². The van der Waals surface area contributed by atoms with Crippen LogP contribution in [-0.4, -0.2) is 30.3 Å². The zero-order valence-corrected chi connectivity index (χ0v) is 12.1. The molecule has 4 heteroatoms. The normalized spacial score (nSPS) is 13.6. The molecule has 1 unspecified atom stereocenters. The highest BCUT2D eigenvalue weighted by Crippen LogP contribution is 2.06. The number of nitrogens with one attached hydrogen (secondary N) is 2. The molecule has 0 fully saturated rings. The van der Waals surface area contributed by atoms with Crippen molar-refractivity contribution in [2.45, 2.75) is 72.1 Å². The van der Waals surface area contributed by atoms with E-state index in [-0.39, 0.29) is 12.1 Å². The summed E-state index contributed by atoms with van der Waals surface area (Å²) in [7, 11) is 0. The number of hydrogen-bond donors (Lipinski definition) is 2. The maximum absolute atomic E-state index is 11.4. The first-order valence-electron chi connectivity index (χ1n) is 6.51. The van der Waals surface area contributed by atoms with E-state index in [9.17, 15) is 4.79 Å². The Bertz CT molecular complexity index is 220. The number of hydrogen-bond acceptors (Lipinski definition) is 3. The highest BCUT2D eigenvalue weighted by molar-refractivity contribution is 5.67. The van der Waals surface area contributed by atoms with Crippen LogP contribution in [-0.2, 0) is 4.74 Å². The molecule has 0 aromatic heterocycles. The average Bonchev–Trinajstić information content (AvgIpc) is 2.20. The topological polar surface area (TPSA) is 50.4 Å². The molecule has 17 heavy (non-hydrogen) atoms. The molecule has 0 aromatic rings. The molecule has 0 heterocycles. The first-order valence-corrected chi connectivity index (χ1v) is 6.51. The van der Waals surface area contributed by atoms with Gasteiger partial charge >= 0.3 is 6.09 Å². The van der Waals surface area contributed by atoms with Gasteiger partial charge in [0.25, 0.3) is 0 Å². The molecular formula is C13H28N2O2. The first kappa shape index (κ1) is 16.2. The van der Waals surface area contributed by atoms with E-state index in [1.165, 1.54) is 0 Å². The lowest BCUT2D eigenvalue weighted by Gasteiger charge is -2.23. The fourth-order valence-electron chi connectivity index (χ4n) is 1.54. The van der Waals surface area contributed by atoms with Gasteiger partial charge in [-0.15, -0.1) is 0 Å². The van der Waals surface area contributed by atoms with Crippen LogP contribution in [0.4, 0.5) is 4.79 Å². The van der Waals surface area contributed by atoms with E-state index in [0.717, 1.165) is 12.8 Å². The van der Waals surface area contributed by atoms with Gasteiger partial charge in [0, 0.05) is 18.6 Å². The van der Waals surface area contributed by atoms with Crippen molar-refractivity contribution in [2.24, 2.45) is 0 Å². The third-order valence-corrected chi connectivity index (χ3v) is 2.46. The van der Waals surface area contributed by atoms with Gasteiger partial charge in [-0.3, -0.25) is 0 Å². The fourth-order valence-corrected chi connectivity index (χ4v) is 1.54. The summed E-state index contributed by atoms with van der Waals surface area (Å²) in [6, 6.07) is 0.776. The van der Waals surface area contributed by atoms with E-state index in [4.69, 9.17) is 4.74 Å². The second-order valence-electron chi connectivity index (χ2n) is 5.46. The fraction of sp³-hybridized carbons (Fsp3) is 0.923. The van der Waals surface area contributed by atoms with Gasteiger partial charge in [0.05, 0.1) is 0 Å². The van der Waals surface area contributed by atoms with Gasteiger partial charge in [-0.2, -0.15) is 0 Å². The van der Waals surface area contributed by atoms with Gasteiger partial charge in [0.2, 0.25) is 0 Å². The minimum absolute atomic E-state index is 0.257. The standard InChI is InChI=1S/C13H28N2O2/c1-7-11(8-2)15-10(3)9-14-12(16)17-13(4,5)6/h10-11,15H,7-9H2,1-6H3,(H,14,16). The van der Waals surface area contributed by atoms with Crippen LogP contribution in [0.1, 0.15) is 54.4 Å². The SMILES string of the molecule is CCC(CC)NC(C)CNC(=O)OC(C)(C)C. The lowest BCUT2D eigenvalue weighted by molar-refractivity contribution is 0.0522. The maximum atomic E-state index is 11.4. The predicted molar refractivity (Wildman–Crippen MR) is 71.2 cm³/mol. The Labute approximate surface area is 105 Å². The summed E-state index contributed by atoms with van der Waals surface area (Å²) >= 11 is 0. The summed E-state index contributed by atoms with van der Waals surface area (Å²) in [5, 5.41) is 6.23. The Hall–Kier alpha value is -0.770. The Morgan fingerprint density at radius 3 is 2.18 bits per heavy atom. The third-order valence-electron chi connectivity index (χ3n) is 2.46. The maximum Gasteiger partial charge on any atom is 0.407 e. The minimum atomic E-state index is -0.434. The molecule has 0 spiro atoms. The predicted octanol–water partition coefficient (Wildman–Crippen LogP) is 2.68.